The molecule has 1 heterocycles. The minimum atomic E-state index is -0.424. The summed E-state index contributed by atoms with van der Waals surface area (Å²) in [5.74, 6) is 0.728. The van der Waals surface area contributed by atoms with Crippen LogP contribution in [0, 0.1) is 0 Å². The Bertz CT molecular complexity index is 1700. The van der Waals surface area contributed by atoms with Gasteiger partial charge in [-0.3, -0.25) is 4.79 Å². The molecule has 8 nitrogen and oxygen atoms in total. The minimum Gasteiger partial charge on any atom is -0.493 e. The van der Waals surface area contributed by atoms with Crippen LogP contribution in [0.2, 0.25) is 0 Å². The van der Waals surface area contributed by atoms with Crippen LogP contribution in [0.1, 0.15) is 32.1 Å². The predicted molar refractivity (Wildman–Crippen MR) is 156 cm³/mol. The molecule has 0 fully saturated rings. The maximum absolute atomic E-state index is 14.0. The number of aromatic nitrogens is 2. The first-order valence-corrected chi connectivity index (χ1v) is 13.1. The van der Waals surface area contributed by atoms with Gasteiger partial charge in [0.15, 0.2) is 17.3 Å². The van der Waals surface area contributed by atoms with Gasteiger partial charge < -0.3 is 23.5 Å². The Balaban J connectivity index is 1.64. The number of esters is 1. The first kappa shape index (κ1) is 27.5. The summed E-state index contributed by atoms with van der Waals surface area (Å²) in [6.07, 6.45) is 0.703. The molecule has 5 rings (SSSR count). The van der Waals surface area contributed by atoms with E-state index in [4.69, 9.17) is 23.9 Å². The van der Waals surface area contributed by atoms with Crippen LogP contribution in [0.3, 0.4) is 0 Å². The highest BCUT2D eigenvalue weighted by Crippen LogP contribution is 2.39. The number of benzene rings is 4. The van der Waals surface area contributed by atoms with Crippen LogP contribution in [-0.4, -0.2) is 49.7 Å². The smallest absolute Gasteiger partial charge is 0.338 e. The molecule has 4 aromatic carbocycles. The van der Waals surface area contributed by atoms with Crippen molar-refractivity contribution in [1.29, 1.82) is 0 Å². The number of ketones is 1. The van der Waals surface area contributed by atoms with Crippen molar-refractivity contribution in [3.05, 3.63) is 107 Å². The third kappa shape index (κ3) is 5.36. The third-order valence-corrected chi connectivity index (χ3v) is 6.99. The zero-order valence-corrected chi connectivity index (χ0v) is 23.3. The van der Waals surface area contributed by atoms with E-state index in [1.807, 2.05) is 53.1 Å². The molecule has 208 valence electrons. The van der Waals surface area contributed by atoms with Gasteiger partial charge in [0.05, 0.1) is 45.0 Å². The van der Waals surface area contributed by atoms with Crippen LogP contribution in [-0.2, 0) is 17.7 Å². The van der Waals surface area contributed by atoms with Gasteiger partial charge in [0.1, 0.15) is 0 Å². The van der Waals surface area contributed by atoms with Crippen LogP contribution in [0.4, 0.5) is 0 Å². The molecule has 0 radical (unpaired) electrons. The topological polar surface area (TPSA) is 88.9 Å². The van der Waals surface area contributed by atoms with Crippen LogP contribution < -0.4 is 14.2 Å². The van der Waals surface area contributed by atoms with Gasteiger partial charge >= 0.3 is 5.97 Å². The summed E-state index contributed by atoms with van der Waals surface area (Å²) in [5, 5.41) is 0. The fourth-order valence-electron chi connectivity index (χ4n) is 4.95. The Hall–Kier alpha value is -5.11. The van der Waals surface area contributed by atoms with E-state index < -0.39 is 5.97 Å². The van der Waals surface area contributed by atoms with Crippen molar-refractivity contribution in [3.63, 3.8) is 0 Å². The number of hydrogen-bond acceptors (Lipinski definition) is 7. The number of nitrogens with zero attached hydrogens (tertiary/aromatic N) is 2. The van der Waals surface area contributed by atoms with E-state index in [0.717, 1.165) is 22.2 Å². The molecule has 0 aliphatic rings. The van der Waals surface area contributed by atoms with Crippen molar-refractivity contribution in [2.75, 3.05) is 28.4 Å². The Morgan fingerprint density at radius 1 is 0.780 bits per heavy atom. The molecule has 0 bridgehead atoms. The van der Waals surface area contributed by atoms with Gasteiger partial charge in [0.25, 0.3) is 0 Å². The highest BCUT2D eigenvalue weighted by Gasteiger charge is 2.24. The molecule has 0 aliphatic heterocycles. The number of hydrogen-bond donors (Lipinski definition) is 0. The first-order chi connectivity index (χ1) is 20.0. The molecule has 8 heteroatoms. The summed E-state index contributed by atoms with van der Waals surface area (Å²) < 4.78 is 23.3. The van der Waals surface area contributed by atoms with Crippen LogP contribution in [0.5, 0.6) is 17.2 Å². The molecule has 0 unspecified atom stereocenters. The Morgan fingerprint density at radius 2 is 1.46 bits per heavy atom. The number of ether oxygens (including phenoxy) is 4. The van der Waals surface area contributed by atoms with Crippen molar-refractivity contribution in [1.82, 2.24) is 9.55 Å². The number of imidazole rings is 1. The zero-order chi connectivity index (χ0) is 28.9. The van der Waals surface area contributed by atoms with Gasteiger partial charge in [-0.2, -0.15) is 0 Å². The molecular formula is C33H30N2O6. The van der Waals surface area contributed by atoms with Crippen molar-refractivity contribution in [2.45, 2.75) is 13.0 Å². The van der Waals surface area contributed by atoms with E-state index >= 15 is 0 Å². The lowest BCUT2D eigenvalue weighted by Gasteiger charge is -2.14. The summed E-state index contributed by atoms with van der Waals surface area (Å²) in [4.78, 5) is 31.3. The van der Waals surface area contributed by atoms with Crippen molar-refractivity contribution < 1.29 is 28.5 Å². The highest BCUT2D eigenvalue weighted by atomic mass is 16.5. The van der Waals surface area contributed by atoms with Crippen LogP contribution in [0.25, 0.3) is 22.2 Å². The summed E-state index contributed by atoms with van der Waals surface area (Å²) in [7, 11) is 5.89. The van der Waals surface area contributed by atoms with Crippen LogP contribution in [0.15, 0.2) is 84.9 Å². The Labute approximate surface area is 238 Å². The van der Waals surface area contributed by atoms with Gasteiger partial charge in [-0.05, 0) is 53.4 Å². The lowest BCUT2D eigenvalue weighted by molar-refractivity contribution is 0.0601. The number of aryl methyl sites for hydroxylation is 2. The van der Waals surface area contributed by atoms with Crippen molar-refractivity contribution in [3.8, 4) is 28.4 Å². The van der Waals surface area contributed by atoms with E-state index in [9.17, 15) is 9.59 Å². The number of methoxy groups -OCH3 is 4. The fourth-order valence-corrected chi connectivity index (χ4v) is 4.95. The number of carbonyl (C=O) groups is 2. The standard InChI is InChI=1S/C33H30N2O6/c1-38-28-19-23(20-29(39-2)31(28)40-3)30(36)32-34-26-18-22(24-12-8-9-13-25(24)33(37)41-4)14-15-27(26)35(32)17-16-21-10-6-5-7-11-21/h5-15,18-20H,16-17H2,1-4H3. The van der Waals surface area contributed by atoms with E-state index in [-0.39, 0.29) is 11.6 Å². The molecule has 1 aromatic heterocycles. The molecule has 0 amide bonds. The summed E-state index contributed by atoms with van der Waals surface area (Å²) in [5.41, 5.74) is 4.89. The first-order valence-electron chi connectivity index (χ1n) is 13.1. The average Bonchev–Trinajstić information content (AvgIpc) is 3.40. The molecule has 41 heavy (non-hydrogen) atoms. The van der Waals surface area contributed by atoms with E-state index in [1.54, 1.807) is 24.3 Å². The monoisotopic (exact) mass is 550 g/mol. The van der Waals surface area contributed by atoms with E-state index in [0.29, 0.717) is 46.9 Å². The van der Waals surface area contributed by atoms with Gasteiger partial charge in [-0.15, -0.1) is 0 Å². The third-order valence-electron chi connectivity index (χ3n) is 6.99. The normalized spacial score (nSPS) is 10.8. The Morgan fingerprint density at radius 3 is 2.12 bits per heavy atom. The van der Waals surface area contributed by atoms with Crippen molar-refractivity contribution >= 4 is 22.8 Å². The predicted octanol–water partition coefficient (Wildman–Crippen LogP) is 5.99. The molecule has 0 atom stereocenters. The Kier molecular flexibility index (Phi) is 8.01. The lowest BCUT2D eigenvalue weighted by Crippen LogP contribution is -2.13. The van der Waals surface area contributed by atoms with Gasteiger partial charge in [0.2, 0.25) is 11.5 Å². The van der Waals surface area contributed by atoms with Crippen molar-refractivity contribution in [2.24, 2.45) is 0 Å². The van der Waals surface area contributed by atoms with Gasteiger partial charge in [-0.1, -0.05) is 54.6 Å². The van der Waals surface area contributed by atoms with Gasteiger partial charge in [-0.25, -0.2) is 9.78 Å². The minimum absolute atomic E-state index is 0.281. The second kappa shape index (κ2) is 12.0. The molecule has 0 N–H and O–H groups in total. The van der Waals surface area contributed by atoms with Gasteiger partial charge in [0, 0.05) is 12.1 Å². The van der Waals surface area contributed by atoms with E-state index in [2.05, 4.69) is 12.1 Å². The molecule has 0 aliphatic carbocycles. The maximum Gasteiger partial charge on any atom is 0.338 e. The average molecular weight is 551 g/mol. The molecule has 0 spiro atoms. The SMILES string of the molecule is COC(=O)c1ccccc1-c1ccc2c(c1)nc(C(=O)c1cc(OC)c(OC)c(OC)c1)n2CCc1ccccc1. The highest BCUT2D eigenvalue weighted by molar-refractivity contribution is 6.09. The second-order valence-electron chi connectivity index (χ2n) is 9.31. The fraction of sp³-hybridized carbons (Fsp3) is 0.182. The van der Waals surface area contributed by atoms with Crippen LogP contribution >= 0.6 is 0 Å². The molecule has 0 saturated heterocycles. The van der Waals surface area contributed by atoms with E-state index in [1.165, 1.54) is 28.4 Å². The molecule has 5 aromatic rings. The number of rotatable bonds is 10. The molecular weight excluding hydrogens is 520 g/mol. The number of fused-ring (bicyclic) bond motifs is 1. The summed E-state index contributed by atoms with van der Waals surface area (Å²) >= 11 is 0. The lowest BCUT2D eigenvalue weighted by atomic mass is 9.99. The largest absolute Gasteiger partial charge is 0.493 e. The zero-order valence-electron chi connectivity index (χ0n) is 23.3. The second-order valence-corrected chi connectivity index (χ2v) is 9.31. The molecule has 0 saturated carbocycles. The summed E-state index contributed by atoms with van der Waals surface area (Å²) in [6.45, 7) is 0.532. The summed E-state index contributed by atoms with van der Waals surface area (Å²) in [6, 6.07) is 26.3. The number of carbonyl (C=O) groups excluding carboxylic acids is 2. The quantitative estimate of drug-likeness (QED) is 0.156. The maximum atomic E-state index is 14.0.